The summed E-state index contributed by atoms with van der Waals surface area (Å²) in [5.74, 6) is 1.67. The summed E-state index contributed by atoms with van der Waals surface area (Å²) < 4.78 is 0. The molecule has 0 heterocycles. The van der Waals surface area contributed by atoms with Crippen LogP contribution in [0.25, 0.3) is 0 Å². The second kappa shape index (κ2) is 5.39. The highest BCUT2D eigenvalue weighted by Gasteiger charge is 2.21. The fourth-order valence-corrected chi connectivity index (χ4v) is 2.91. The van der Waals surface area contributed by atoms with Gasteiger partial charge in [-0.1, -0.05) is 54.6 Å². The van der Waals surface area contributed by atoms with E-state index >= 15 is 0 Å². The van der Waals surface area contributed by atoms with E-state index < -0.39 is 0 Å². The molecule has 1 aliphatic carbocycles. The third-order valence-electron chi connectivity index (χ3n) is 3.88. The van der Waals surface area contributed by atoms with Crippen LogP contribution in [0.4, 0.5) is 0 Å². The summed E-state index contributed by atoms with van der Waals surface area (Å²) in [6.45, 7) is 0. The monoisotopic (exact) mass is 235 g/mol. The van der Waals surface area contributed by atoms with Crippen molar-refractivity contribution >= 4 is 0 Å². The molecule has 0 unspecified atom stereocenters. The Morgan fingerprint density at radius 2 is 1.50 bits per heavy atom. The lowest BCUT2D eigenvalue weighted by molar-refractivity contribution is 0.728. The fraction of sp³-hybridized carbons (Fsp3) is 0.278. The Kier molecular flexibility index (Phi) is 3.45. The van der Waals surface area contributed by atoms with Gasteiger partial charge in [-0.3, -0.25) is 0 Å². The Hall–Kier alpha value is -1.56. The van der Waals surface area contributed by atoms with Crippen LogP contribution < -0.4 is 0 Å². The van der Waals surface area contributed by atoms with E-state index in [9.17, 15) is 0 Å². The summed E-state index contributed by atoms with van der Waals surface area (Å²) in [7, 11) is 0. The number of hydrogen-bond acceptors (Lipinski definition) is 0. The number of aryl methyl sites for hydroxylation is 2. The van der Waals surface area contributed by atoms with E-state index in [1.165, 1.54) is 43.2 Å². The number of benzene rings is 2. The third kappa shape index (κ3) is 2.48. The summed E-state index contributed by atoms with van der Waals surface area (Å²) in [5.41, 5.74) is 4.54. The van der Waals surface area contributed by atoms with Gasteiger partial charge in [-0.25, -0.2) is 0 Å². The van der Waals surface area contributed by atoms with Crippen LogP contribution in [0.1, 0.15) is 36.0 Å². The molecular formula is C18H19. The van der Waals surface area contributed by atoms with Crippen LogP contribution >= 0.6 is 0 Å². The molecule has 0 atom stereocenters. The molecule has 0 amide bonds. The lowest BCUT2D eigenvalue weighted by Crippen LogP contribution is -1.96. The van der Waals surface area contributed by atoms with E-state index in [1.54, 1.807) is 11.5 Å². The van der Waals surface area contributed by atoms with E-state index in [0.717, 1.165) is 0 Å². The number of rotatable bonds is 4. The van der Waals surface area contributed by atoms with Crippen molar-refractivity contribution in [3.63, 3.8) is 0 Å². The predicted molar refractivity (Wildman–Crippen MR) is 76.5 cm³/mol. The Morgan fingerprint density at radius 1 is 0.722 bits per heavy atom. The van der Waals surface area contributed by atoms with Crippen molar-refractivity contribution in [3.8, 4) is 0 Å². The maximum atomic E-state index is 2.29. The molecule has 0 aromatic heterocycles. The molecule has 1 radical (unpaired) electrons. The summed E-state index contributed by atoms with van der Waals surface area (Å²) in [6, 6.07) is 19.7. The molecule has 0 heteroatoms. The van der Waals surface area contributed by atoms with Gasteiger partial charge in [0.15, 0.2) is 0 Å². The molecule has 91 valence electrons. The van der Waals surface area contributed by atoms with E-state index in [2.05, 4.69) is 54.6 Å². The Bertz CT molecular complexity index is 498. The highest BCUT2D eigenvalue weighted by molar-refractivity contribution is 5.43. The van der Waals surface area contributed by atoms with Crippen LogP contribution in [0, 0.1) is 5.92 Å². The first-order valence-corrected chi connectivity index (χ1v) is 6.90. The number of hydrogen-bond donors (Lipinski definition) is 0. The van der Waals surface area contributed by atoms with Crippen LogP contribution in [0.15, 0.2) is 54.6 Å². The summed E-state index contributed by atoms with van der Waals surface area (Å²) in [4.78, 5) is 0. The smallest absolute Gasteiger partial charge is 0.00560 e. The summed E-state index contributed by atoms with van der Waals surface area (Å²) in [6.07, 6.45) is 6.25. The molecule has 2 aromatic carbocycles. The average molecular weight is 235 g/mol. The largest absolute Gasteiger partial charge is 0.0622 e. The van der Waals surface area contributed by atoms with Crippen LogP contribution in [0.3, 0.4) is 0 Å². The lowest BCUT2D eigenvalue weighted by atomic mass is 9.94. The zero-order valence-corrected chi connectivity index (χ0v) is 10.7. The SMILES string of the molecule is c1ccc(CCC[C]2CCc3ccccc32)cc1. The molecule has 0 saturated carbocycles. The van der Waals surface area contributed by atoms with Crippen LogP contribution in [-0.4, -0.2) is 0 Å². The average Bonchev–Trinajstić information content (AvgIpc) is 2.84. The van der Waals surface area contributed by atoms with Crippen LogP contribution in [-0.2, 0) is 12.8 Å². The first-order valence-electron chi connectivity index (χ1n) is 6.90. The second-order valence-corrected chi connectivity index (χ2v) is 5.10. The topological polar surface area (TPSA) is 0 Å². The highest BCUT2D eigenvalue weighted by atomic mass is 14.3. The van der Waals surface area contributed by atoms with Gasteiger partial charge in [0.2, 0.25) is 0 Å². The first kappa shape index (κ1) is 11.5. The van der Waals surface area contributed by atoms with Crippen molar-refractivity contribution in [1.82, 2.24) is 0 Å². The molecule has 0 fully saturated rings. The molecule has 0 nitrogen and oxygen atoms in total. The van der Waals surface area contributed by atoms with Gasteiger partial charge in [-0.2, -0.15) is 0 Å². The van der Waals surface area contributed by atoms with Crippen molar-refractivity contribution in [2.75, 3.05) is 0 Å². The van der Waals surface area contributed by atoms with Gasteiger partial charge in [-0.15, -0.1) is 0 Å². The van der Waals surface area contributed by atoms with E-state index in [-0.39, 0.29) is 0 Å². The third-order valence-corrected chi connectivity index (χ3v) is 3.88. The summed E-state index contributed by atoms with van der Waals surface area (Å²) >= 11 is 0. The van der Waals surface area contributed by atoms with E-state index in [0.29, 0.717) is 0 Å². The maximum Gasteiger partial charge on any atom is 0.00560 e. The standard InChI is InChI=1S/C18H19/c1-2-7-15(8-3-1)9-6-11-17-14-13-16-10-4-5-12-18(16)17/h1-5,7-8,10,12H,6,9,11,13-14H2. The minimum atomic E-state index is 1.20. The fourth-order valence-electron chi connectivity index (χ4n) is 2.91. The summed E-state index contributed by atoms with van der Waals surface area (Å²) in [5, 5.41) is 0. The molecule has 2 aromatic rings. The molecule has 0 saturated heterocycles. The zero-order valence-electron chi connectivity index (χ0n) is 10.7. The minimum absolute atomic E-state index is 1.20. The minimum Gasteiger partial charge on any atom is -0.0622 e. The van der Waals surface area contributed by atoms with Gasteiger partial charge in [0.25, 0.3) is 0 Å². The first-order chi connectivity index (χ1) is 8.93. The van der Waals surface area contributed by atoms with Gasteiger partial charge in [0.05, 0.1) is 0 Å². The maximum absolute atomic E-state index is 2.29. The molecule has 18 heavy (non-hydrogen) atoms. The normalized spacial score (nSPS) is 14.7. The van der Waals surface area contributed by atoms with Gasteiger partial charge in [0, 0.05) is 5.92 Å². The number of fused-ring (bicyclic) bond motifs is 1. The zero-order chi connectivity index (χ0) is 12.2. The second-order valence-electron chi connectivity index (χ2n) is 5.10. The van der Waals surface area contributed by atoms with Crippen molar-refractivity contribution < 1.29 is 0 Å². The van der Waals surface area contributed by atoms with Crippen LogP contribution in [0.5, 0.6) is 0 Å². The quantitative estimate of drug-likeness (QED) is 0.727. The molecule has 3 rings (SSSR count). The highest BCUT2D eigenvalue weighted by Crippen LogP contribution is 2.35. The molecule has 0 bridgehead atoms. The lowest BCUT2D eigenvalue weighted by Gasteiger charge is -2.10. The molecule has 0 aliphatic heterocycles. The molecule has 1 aliphatic rings. The van der Waals surface area contributed by atoms with Gasteiger partial charge in [-0.05, 0) is 48.8 Å². The van der Waals surface area contributed by atoms with Crippen molar-refractivity contribution in [1.29, 1.82) is 0 Å². The molecule has 0 N–H and O–H groups in total. The van der Waals surface area contributed by atoms with Gasteiger partial charge < -0.3 is 0 Å². The Morgan fingerprint density at radius 3 is 2.39 bits per heavy atom. The molecule has 0 spiro atoms. The Labute approximate surface area is 110 Å². The predicted octanol–water partition coefficient (Wildman–Crippen LogP) is 4.58. The molecular weight excluding hydrogens is 216 g/mol. The Balaban J connectivity index is 1.56. The van der Waals surface area contributed by atoms with Crippen molar-refractivity contribution in [2.45, 2.75) is 32.1 Å². The van der Waals surface area contributed by atoms with Gasteiger partial charge >= 0.3 is 0 Å². The van der Waals surface area contributed by atoms with E-state index in [4.69, 9.17) is 0 Å². The van der Waals surface area contributed by atoms with Gasteiger partial charge in [0.1, 0.15) is 0 Å². The van der Waals surface area contributed by atoms with Crippen molar-refractivity contribution in [2.24, 2.45) is 0 Å². The van der Waals surface area contributed by atoms with Crippen LogP contribution in [0.2, 0.25) is 0 Å². The van der Waals surface area contributed by atoms with Crippen molar-refractivity contribution in [3.05, 3.63) is 77.2 Å². The van der Waals surface area contributed by atoms with E-state index in [1.807, 2.05) is 0 Å².